The van der Waals surface area contributed by atoms with E-state index in [1.54, 1.807) is 0 Å². The molecule has 0 saturated heterocycles. The fraction of sp³-hybridized carbons (Fsp3) is 0.294. The molecule has 214 valence electrons. The molecule has 7 nitrogen and oxygen atoms in total. The predicted octanol–water partition coefficient (Wildman–Crippen LogP) is 7.16. The highest BCUT2D eigenvalue weighted by molar-refractivity contribution is 5.96. The van der Waals surface area contributed by atoms with Crippen molar-refractivity contribution in [2.24, 2.45) is 0 Å². The Kier molecular flexibility index (Phi) is 10.2. The maximum atomic E-state index is 11.5. The van der Waals surface area contributed by atoms with Crippen molar-refractivity contribution in [3.05, 3.63) is 94.7 Å². The summed E-state index contributed by atoms with van der Waals surface area (Å²) in [5.74, 6) is 0.00257. The minimum Gasteiger partial charge on any atom is -0.494 e. The lowest BCUT2D eigenvalue weighted by molar-refractivity contribution is -0.137. The quantitative estimate of drug-likeness (QED) is 0.119. The van der Waals surface area contributed by atoms with E-state index in [9.17, 15) is 14.7 Å². The summed E-state index contributed by atoms with van der Waals surface area (Å²) in [6, 6.07) is 19.9. The van der Waals surface area contributed by atoms with E-state index in [0.717, 1.165) is 51.9 Å². The van der Waals surface area contributed by atoms with Gasteiger partial charge in [0.1, 0.15) is 11.5 Å². The number of aliphatic carboxylic acids is 2. The average molecular weight is 556 g/mol. The summed E-state index contributed by atoms with van der Waals surface area (Å²) >= 11 is 0. The van der Waals surface area contributed by atoms with Crippen LogP contribution in [-0.4, -0.2) is 39.9 Å². The van der Waals surface area contributed by atoms with Crippen molar-refractivity contribution in [2.45, 2.75) is 52.5 Å². The van der Waals surface area contributed by atoms with Gasteiger partial charge in [-0.25, -0.2) is 0 Å². The van der Waals surface area contributed by atoms with Gasteiger partial charge in [0.25, 0.3) is 0 Å². The third kappa shape index (κ3) is 8.48. The van der Waals surface area contributed by atoms with Crippen molar-refractivity contribution in [1.29, 1.82) is 0 Å². The molecule has 0 amide bonds. The van der Waals surface area contributed by atoms with Crippen LogP contribution in [0.25, 0.3) is 23.1 Å². The molecule has 1 aromatic heterocycles. The number of carboxylic acids is 2. The van der Waals surface area contributed by atoms with Crippen LogP contribution in [0.3, 0.4) is 0 Å². The van der Waals surface area contributed by atoms with E-state index in [2.05, 4.69) is 32.0 Å². The number of aromatic nitrogens is 1. The molecular formula is C34H37NO6. The second-order valence-corrected chi connectivity index (χ2v) is 10.2. The van der Waals surface area contributed by atoms with Gasteiger partial charge in [-0.15, -0.1) is 0 Å². The Morgan fingerprint density at radius 1 is 0.854 bits per heavy atom. The molecule has 4 aromatic rings. The standard InChI is InChI=1S/C34H37NO6/c1-24-10-11-25(2)31(21-24)41-20-4-3-19-40-29-16-13-26(14-17-29)12-15-27-7-5-8-30-34(27)28(22-33(38)39)23-35(30)18-6-9-32(36)37/h5,7-8,10-17,21,23H,3-4,6,9,18-20,22H2,1-2H3,(H,36,37)(H,38,39)/b15-12+. The van der Waals surface area contributed by atoms with Crippen LogP contribution in [0.15, 0.2) is 66.9 Å². The van der Waals surface area contributed by atoms with Gasteiger partial charge in [-0.3, -0.25) is 9.59 Å². The van der Waals surface area contributed by atoms with Crippen LogP contribution in [0.2, 0.25) is 0 Å². The van der Waals surface area contributed by atoms with Gasteiger partial charge in [0, 0.05) is 30.1 Å². The Labute approximate surface area is 240 Å². The van der Waals surface area contributed by atoms with Crippen LogP contribution in [0.1, 0.15) is 53.5 Å². The van der Waals surface area contributed by atoms with Gasteiger partial charge in [-0.05, 0) is 85.2 Å². The number of benzene rings is 3. The molecule has 0 spiro atoms. The summed E-state index contributed by atoms with van der Waals surface area (Å²) in [4.78, 5) is 22.5. The number of rotatable bonds is 15. The molecule has 0 aliphatic rings. The van der Waals surface area contributed by atoms with Gasteiger partial charge in [0.2, 0.25) is 0 Å². The molecule has 0 aliphatic carbocycles. The first-order valence-electron chi connectivity index (χ1n) is 14.0. The fourth-order valence-electron chi connectivity index (χ4n) is 4.79. The Balaban J connectivity index is 1.34. The average Bonchev–Trinajstić information content (AvgIpc) is 3.28. The topological polar surface area (TPSA) is 98.0 Å². The summed E-state index contributed by atoms with van der Waals surface area (Å²) in [7, 11) is 0. The Hall–Kier alpha value is -4.52. The molecule has 0 unspecified atom stereocenters. The molecule has 0 saturated carbocycles. The Morgan fingerprint density at radius 2 is 1.61 bits per heavy atom. The van der Waals surface area contributed by atoms with Crippen molar-refractivity contribution in [3.8, 4) is 11.5 Å². The minimum absolute atomic E-state index is 0.0649. The molecular weight excluding hydrogens is 518 g/mol. The summed E-state index contributed by atoms with van der Waals surface area (Å²) in [5.41, 5.74) is 5.86. The Bertz CT molecular complexity index is 1520. The number of ether oxygens (including phenoxy) is 2. The fourth-order valence-corrected chi connectivity index (χ4v) is 4.79. The van der Waals surface area contributed by atoms with E-state index in [4.69, 9.17) is 14.6 Å². The number of carboxylic acid groups (broad SMARTS) is 2. The van der Waals surface area contributed by atoms with Crippen molar-refractivity contribution in [1.82, 2.24) is 4.57 Å². The zero-order valence-electron chi connectivity index (χ0n) is 23.6. The second-order valence-electron chi connectivity index (χ2n) is 10.2. The van der Waals surface area contributed by atoms with Crippen molar-refractivity contribution < 1.29 is 29.3 Å². The number of hydrogen-bond donors (Lipinski definition) is 2. The smallest absolute Gasteiger partial charge is 0.307 e. The molecule has 1 heterocycles. The number of nitrogens with zero attached hydrogens (tertiary/aromatic N) is 1. The van der Waals surface area contributed by atoms with Crippen molar-refractivity contribution in [3.63, 3.8) is 0 Å². The van der Waals surface area contributed by atoms with E-state index >= 15 is 0 Å². The number of hydrogen-bond acceptors (Lipinski definition) is 4. The second kappa shape index (κ2) is 14.2. The largest absolute Gasteiger partial charge is 0.494 e. The van der Waals surface area contributed by atoms with E-state index < -0.39 is 11.9 Å². The highest BCUT2D eigenvalue weighted by Gasteiger charge is 2.14. The number of carbonyl (C=O) groups is 2. The molecule has 0 fully saturated rings. The predicted molar refractivity (Wildman–Crippen MR) is 162 cm³/mol. The molecule has 0 radical (unpaired) electrons. The maximum absolute atomic E-state index is 11.5. The molecule has 41 heavy (non-hydrogen) atoms. The minimum atomic E-state index is -0.905. The lowest BCUT2D eigenvalue weighted by Crippen LogP contribution is -2.03. The van der Waals surface area contributed by atoms with Gasteiger partial charge in [-0.2, -0.15) is 0 Å². The van der Waals surface area contributed by atoms with Crippen LogP contribution in [0.4, 0.5) is 0 Å². The van der Waals surface area contributed by atoms with Gasteiger partial charge < -0.3 is 24.3 Å². The van der Waals surface area contributed by atoms with E-state index in [0.29, 0.717) is 31.7 Å². The molecule has 2 N–H and O–H groups in total. The van der Waals surface area contributed by atoms with Crippen molar-refractivity contribution in [2.75, 3.05) is 13.2 Å². The van der Waals surface area contributed by atoms with Crippen LogP contribution in [0.5, 0.6) is 11.5 Å². The first-order chi connectivity index (χ1) is 19.8. The van der Waals surface area contributed by atoms with Crippen LogP contribution in [-0.2, 0) is 22.6 Å². The first-order valence-corrected chi connectivity index (χ1v) is 14.0. The molecule has 3 aromatic carbocycles. The first kappa shape index (κ1) is 29.5. The van der Waals surface area contributed by atoms with Gasteiger partial charge in [0.05, 0.1) is 19.6 Å². The number of fused-ring (bicyclic) bond motifs is 1. The molecule has 7 heteroatoms. The molecule has 0 atom stereocenters. The highest BCUT2D eigenvalue weighted by Crippen LogP contribution is 2.28. The van der Waals surface area contributed by atoms with E-state index in [1.807, 2.05) is 65.4 Å². The van der Waals surface area contributed by atoms with Gasteiger partial charge in [-0.1, -0.05) is 48.6 Å². The van der Waals surface area contributed by atoms with Gasteiger partial charge in [0.15, 0.2) is 0 Å². The third-order valence-electron chi connectivity index (χ3n) is 6.89. The van der Waals surface area contributed by atoms with Crippen LogP contribution in [0, 0.1) is 13.8 Å². The summed E-state index contributed by atoms with van der Waals surface area (Å²) in [6.07, 6.45) is 8.06. The maximum Gasteiger partial charge on any atom is 0.307 e. The van der Waals surface area contributed by atoms with E-state index in [-0.39, 0.29) is 12.8 Å². The molecule has 0 bridgehead atoms. The summed E-state index contributed by atoms with van der Waals surface area (Å²) in [6.45, 7) is 5.90. The van der Waals surface area contributed by atoms with Gasteiger partial charge >= 0.3 is 11.9 Å². The SMILES string of the molecule is Cc1ccc(C)c(OCCCCOc2ccc(/C=C/c3cccc4c3c(CC(=O)O)cn4CCCC(=O)O)cc2)c1. The zero-order valence-corrected chi connectivity index (χ0v) is 23.6. The van der Waals surface area contributed by atoms with Crippen LogP contribution >= 0.6 is 0 Å². The lowest BCUT2D eigenvalue weighted by Gasteiger charge is -2.10. The molecule has 0 aliphatic heterocycles. The van der Waals surface area contributed by atoms with Crippen molar-refractivity contribution >= 4 is 35.0 Å². The highest BCUT2D eigenvalue weighted by atomic mass is 16.5. The normalized spacial score (nSPS) is 11.3. The monoisotopic (exact) mass is 555 g/mol. The summed E-state index contributed by atoms with van der Waals surface area (Å²) in [5, 5.41) is 19.3. The zero-order chi connectivity index (χ0) is 29.2. The lowest BCUT2D eigenvalue weighted by atomic mass is 10.0. The number of aryl methyl sites for hydroxylation is 3. The van der Waals surface area contributed by atoms with Crippen LogP contribution < -0.4 is 9.47 Å². The Morgan fingerprint density at radius 3 is 2.34 bits per heavy atom. The molecule has 4 rings (SSSR count). The summed E-state index contributed by atoms with van der Waals surface area (Å²) < 4.78 is 13.8. The van der Waals surface area contributed by atoms with E-state index in [1.165, 1.54) is 5.56 Å². The third-order valence-corrected chi connectivity index (χ3v) is 6.89. The number of unbranched alkanes of at least 4 members (excludes halogenated alkanes) is 1.